The Bertz CT molecular complexity index is 346. The Labute approximate surface area is 99.7 Å². The first-order valence-corrected chi connectivity index (χ1v) is 5.45. The molecule has 1 aromatic rings. The average molecular weight is 240 g/mol. The van der Waals surface area contributed by atoms with E-state index in [-0.39, 0.29) is 12.0 Å². The van der Waals surface area contributed by atoms with Gasteiger partial charge < -0.3 is 14.2 Å². The van der Waals surface area contributed by atoms with Crippen LogP contribution in [0.3, 0.4) is 0 Å². The number of methoxy groups -OCH3 is 2. The van der Waals surface area contributed by atoms with Crippen molar-refractivity contribution in [2.24, 2.45) is 0 Å². The van der Waals surface area contributed by atoms with Crippen LogP contribution in [0.1, 0.15) is 5.82 Å². The number of aromatic nitrogens is 3. The largest absolute Gasteiger partial charge is 0.467 e. The topological polar surface area (TPSA) is 69.6 Å². The van der Waals surface area contributed by atoms with Crippen molar-refractivity contribution in [1.29, 1.82) is 0 Å². The number of ether oxygens (including phenoxy) is 3. The van der Waals surface area contributed by atoms with Crippen LogP contribution in [0.15, 0.2) is 0 Å². The fourth-order valence-corrected chi connectivity index (χ4v) is 1.59. The van der Waals surface area contributed by atoms with Crippen LogP contribution in [0.25, 0.3) is 0 Å². The summed E-state index contributed by atoms with van der Waals surface area (Å²) in [7, 11) is 3.04. The first-order valence-electron chi connectivity index (χ1n) is 5.45. The molecule has 0 saturated carbocycles. The molecule has 0 aliphatic carbocycles. The summed E-state index contributed by atoms with van der Waals surface area (Å²) in [4.78, 5) is 14.5. The summed E-state index contributed by atoms with van der Waals surface area (Å²) in [6, 6.07) is 0.556. The number of hydrogen-bond donors (Lipinski definition) is 0. The van der Waals surface area contributed by atoms with Crippen LogP contribution in [0.2, 0.25) is 0 Å². The van der Waals surface area contributed by atoms with Gasteiger partial charge >= 0.3 is 12.0 Å². The Morgan fingerprint density at radius 2 is 1.65 bits per heavy atom. The van der Waals surface area contributed by atoms with Crippen LogP contribution >= 0.6 is 0 Å². The van der Waals surface area contributed by atoms with Crippen LogP contribution in [0, 0.1) is 0 Å². The molecule has 0 amide bonds. The second-order valence-corrected chi connectivity index (χ2v) is 3.61. The minimum absolute atomic E-state index is 0.278. The Hall–Kier alpha value is -1.47. The third kappa shape index (κ3) is 3.24. The van der Waals surface area contributed by atoms with Crippen molar-refractivity contribution in [3.05, 3.63) is 5.82 Å². The van der Waals surface area contributed by atoms with Crippen molar-refractivity contribution in [1.82, 2.24) is 19.9 Å². The van der Waals surface area contributed by atoms with Crippen molar-refractivity contribution in [2.75, 3.05) is 40.5 Å². The monoisotopic (exact) mass is 240 g/mol. The van der Waals surface area contributed by atoms with Crippen molar-refractivity contribution >= 4 is 0 Å². The molecule has 1 fully saturated rings. The number of rotatable bonds is 4. The first kappa shape index (κ1) is 12.0. The summed E-state index contributed by atoms with van der Waals surface area (Å²) in [6.07, 6.45) is 0. The van der Waals surface area contributed by atoms with E-state index in [0.29, 0.717) is 12.4 Å². The Kier molecular flexibility index (Phi) is 4.05. The van der Waals surface area contributed by atoms with Gasteiger partial charge in [0.1, 0.15) is 0 Å². The summed E-state index contributed by atoms with van der Waals surface area (Å²) in [5.74, 6) is 0.649. The number of hydrogen-bond acceptors (Lipinski definition) is 7. The van der Waals surface area contributed by atoms with Crippen LogP contribution in [-0.4, -0.2) is 60.4 Å². The average Bonchev–Trinajstić information content (AvgIpc) is 2.39. The molecule has 7 heteroatoms. The molecule has 1 aliphatic rings. The highest BCUT2D eigenvalue weighted by Crippen LogP contribution is 2.11. The molecule has 7 nitrogen and oxygen atoms in total. The summed E-state index contributed by atoms with van der Waals surface area (Å²) >= 11 is 0. The molecule has 0 N–H and O–H groups in total. The fourth-order valence-electron chi connectivity index (χ4n) is 1.59. The van der Waals surface area contributed by atoms with Crippen molar-refractivity contribution in [2.45, 2.75) is 6.54 Å². The highest BCUT2D eigenvalue weighted by atomic mass is 16.5. The maximum absolute atomic E-state index is 5.28. The fraction of sp³-hybridized carbons (Fsp3) is 0.700. The van der Waals surface area contributed by atoms with Gasteiger partial charge in [-0.3, -0.25) is 4.90 Å². The van der Waals surface area contributed by atoms with Gasteiger partial charge in [0.15, 0.2) is 5.82 Å². The smallest absolute Gasteiger partial charge is 0.322 e. The first-order chi connectivity index (χ1) is 8.31. The Morgan fingerprint density at radius 1 is 1.06 bits per heavy atom. The molecule has 0 bridgehead atoms. The molecule has 1 aliphatic heterocycles. The summed E-state index contributed by atoms with van der Waals surface area (Å²) in [5, 5.41) is 0. The van der Waals surface area contributed by atoms with Gasteiger partial charge in [-0.25, -0.2) is 0 Å². The predicted molar refractivity (Wildman–Crippen MR) is 59.0 cm³/mol. The van der Waals surface area contributed by atoms with Gasteiger partial charge in [0.05, 0.1) is 34.0 Å². The lowest BCUT2D eigenvalue weighted by molar-refractivity contribution is 0.0328. The third-order valence-electron chi connectivity index (χ3n) is 2.47. The van der Waals surface area contributed by atoms with E-state index in [9.17, 15) is 0 Å². The summed E-state index contributed by atoms with van der Waals surface area (Å²) in [6.45, 7) is 3.92. The SMILES string of the molecule is COc1nc(CN2CCOCC2)nc(OC)n1. The molecule has 94 valence electrons. The molecule has 0 radical (unpaired) electrons. The lowest BCUT2D eigenvalue weighted by atomic mass is 10.4. The molecule has 0 unspecified atom stereocenters. The van der Waals surface area contributed by atoms with E-state index < -0.39 is 0 Å². The summed E-state index contributed by atoms with van der Waals surface area (Å²) in [5.41, 5.74) is 0. The number of morpholine rings is 1. The van der Waals surface area contributed by atoms with E-state index in [4.69, 9.17) is 14.2 Å². The van der Waals surface area contributed by atoms with E-state index in [0.717, 1.165) is 26.3 Å². The zero-order chi connectivity index (χ0) is 12.1. The van der Waals surface area contributed by atoms with Gasteiger partial charge in [0, 0.05) is 13.1 Å². The Morgan fingerprint density at radius 3 is 2.18 bits per heavy atom. The lowest BCUT2D eigenvalue weighted by Gasteiger charge is -2.25. The van der Waals surface area contributed by atoms with Crippen LogP contribution in [0.5, 0.6) is 12.0 Å². The van der Waals surface area contributed by atoms with Crippen LogP contribution in [-0.2, 0) is 11.3 Å². The lowest BCUT2D eigenvalue weighted by Crippen LogP contribution is -2.36. The maximum atomic E-state index is 5.28. The molecule has 2 rings (SSSR count). The second kappa shape index (κ2) is 5.74. The van der Waals surface area contributed by atoms with Crippen molar-refractivity contribution in [3.63, 3.8) is 0 Å². The molecule has 0 atom stereocenters. The molecule has 0 spiro atoms. The van der Waals surface area contributed by atoms with Gasteiger partial charge in [-0.2, -0.15) is 9.97 Å². The maximum Gasteiger partial charge on any atom is 0.322 e. The van der Waals surface area contributed by atoms with Crippen LogP contribution < -0.4 is 9.47 Å². The van der Waals surface area contributed by atoms with Gasteiger partial charge in [0.2, 0.25) is 0 Å². The van der Waals surface area contributed by atoms with Gasteiger partial charge in [-0.15, -0.1) is 4.98 Å². The molecular weight excluding hydrogens is 224 g/mol. The predicted octanol–water partition coefficient (Wildman–Crippen LogP) is -0.279. The van der Waals surface area contributed by atoms with Crippen molar-refractivity contribution < 1.29 is 14.2 Å². The van der Waals surface area contributed by atoms with E-state index in [1.165, 1.54) is 14.2 Å². The summed E-state index contributed by atoms with van der Waals surface area (Å²) < 4.78 is 15.3. The van der Waals surface area contributed by atoms with Gasteiger partial charge in [-0.05, 0) is 0 Å². The van der Waals surface area contributed by atoms with Crippen molar-refractivity contribution in [3.8, 4) is 12.0 Å². The highest BCUT2D eigenvalue weighted by Gasteiger charge is 2.14. The highest BCUT2D eigenvalue weighted by molar-refractivity contribution is 5.05. The minimum atomic E-state index is 0.278. The molecule has 17 heavy (non-hydrogen) atoms. The van der Waals surface area contributed by atoms with E-state index in [2.05, 4.69) is 19.9 Å². The van der Waals surface area contributed by atoms with Gasteiger partial charge in [0.25, 0.3) is 0 Å². The second-order valence-electron chi connectivity index (χ2n) is 3.61. The third-order valence-corrected chi connectivity index (χ3v) is 2.47. The number of nitrogens with zero attached hydrogens (tertiary/aromatic N) is 4. The molecule has 1 aromatic heterocycles. The quantitative estimate of drug-likeness (QED) is 0.717. The molecule has 2 heterocycles. The zero-order valence-corrected chi connectivity index (χ0v) is 10.0. The molecule has 0 aromatic carbocycles. The van der Waals surface area contributed by atoms with E-state index >= 15 is 0 Å². The van der Waals surface area contributed by atoms with Gasteiger partial charge in [-0.1, -0.05) is 0 Å². The van der Waals surface area contributed by atoms with E-state index in [1.807, 2.05) is 0 Å². The Balaban J connectivity index is 2.07. The molecule has 1 saturated heterocycles. The van der Waals surface area contributed by atoms with Crippen LogP contribution in [0.4, 0.5) is 0 Å². The van der Waals surface area contributed by atoms with E-state index in [1.54, 1.807) is 0 Å². The minimum Gasteiger partial charge on any atom is -0.467 e. The normalized spacial score (nSPS) is 16.8. The zero-order valence-electron chi connectivity index (χ0n) is 10.0. The standard InChI is InChI=1S/C10H16N4O3/c1-15-9-11-8(12-10(13-9)16-2)7-14-3-5-17-6-4-14/h3-7H2,1-2H3. The molecular formula is C10H16N4O3.